The van der Waals surface area contributed by atoms with E-state index in [2.05, 4.69) is 5.32 Å². The van der Waals surface area contributed by atoms with Crippen molar-refractivity contribution in [3.8, 4) is 0 Å². The lowest BCUT2D eigenvalue weighted by Gasteiger charge is -2.35. The molecule has 1 aliphatic carbocycles. The molecule has 5 nitrogen and oxygen atoms in total. The van der Waals surface area contributed by atoms with E-state index in [0.29, 0.717) is 18.4 Å². The van der Waals surface area contributed by atoms with E-state index in [9.17, 15) is 13.6 Å². The molecule has 1 amide bonds. The number of hydrogen-bond acceptors (Lipinski definition) is 3. The van der Waals surface area contributed by atoms with Gasteiger partial charge in [-0.1, -0.05) is 0 Å². The maximum atomic E-state index is 14.6. The summed E-state index contributed by atoms with van der Waals surface area (Å²) in [5.74, 6) is -1.47. The van der Waals surface area contributed by atoms with E-state index in [4.69, 9.17) is 14.4 Å². The molecule has 2 fully saturated rings. The van der Waals surface area contributed by atoms with Gasteiger partial charge in [0.15, 0.2) is 0 Å². The normalized spacial score (nSPS) is 27.0. The van der Waals surface area contributed by atoms with Crippen molar-refractivity contribution in [3.05, 3.63) is 29.3 Å². The molecular weight excluding hydrogens is 331 g/mol. The Kier molecular flexibility index (Phi) is 4.32. The minimum atomic E-state index is -1.10. The number of amides is 1. The van der Waals surface area contributed by atoms with E-state index >= 15 is 0 Å². The molecule has 0 unspecified atom stereocenters. The fourth-order valence-electron chi connectivity index (χ4n) is 3.21. The summed E-state index contributed by atoms with van der Waals surface area (Å²) in [6.07, 6.45) is -0.0286. The fraction of sp³-hybridized carbons (Fsp3) is 0.588. The summed E-state index contributed by atoms with van der Waals surface area (Å²) >= 11 is 0. The van der Waals surface area contributed by atoms with Gasteiger partial charge in [0.25, 0.3) is 0 Å². The van der Waals surface area contributed by atoms with Crippen LogP contribution in [0, 0.1) is 11.6 Å². The monoisotopic (exact) mass is 353 g/mol. The van der Waals surface area contributed by atoms with E-state index in [0.717, 1.165) is 0 Å². The van der Waals surface area contributed by atoms with Gasteiger partial charge in [-0.2, -0.15) is 0 Å². The Labute approximate surface area is 145 Å². The Morgan fingerprint density at radius 1 is 1.16 bits per heavy atom. The molecule has 2 N–H and O–H groups in total. The maximum absolute atomic E-state index is 14.6. The first-order chi connectivity index (χ1) is 11.5. The quantitative estimate of drug-likeness (QED) is 0.820. The van der Waals surface area contributed by atoms with E-state index in [1.807, 2.05) is 27.7 Å². The van der Waals surface area contributed by atoms with Crippen LogP contribution < -0.4 is 10.8 Å². The molecule has 136 valence electrons. The number of rotatable bonds is 3. The molecule has 1 saturated carbocycles. The molecule has 1 aliphatic heterocycles. The highest BCUT2D eigenvalue weighted by atomic mass is 19.1. The standard InChI is InChI=1S/C17H22BF2NO4/c1-16(2)17(3,4)25-18(24-16)14-12(19)7-10(8-13(14)20)9-5-11(6-9)21-15(22)23/h7-9,11,21H,5-6H2,1-4H3,(H,22,23). The summed E-state index contributed by atoms with van der Waals surface area (Å²) in [7, 11) is -1.10. The summed E-state index contributed by atoms with van der Waals surface area (Å²) in [5, 5.41) is 11.0. The molecule has 0 bridgehead atoms. The van der Waals surface area contributed by atoms with Crippen LogP contribution in [-0.2, 0) is 9.31 Å². The van der Waals surface area contributed by atoms with Crippen LogP contribution in [0.5, 0.6) is 0 Å². The van der Waals surface area contributed by atoms with Gasteiger partial charge < -0.3 is 19.7 Å². The molecular formula is C17H22BF2NO4. The van der Waals surface area contributed by atoms with Gasteiger partial charge in [0.1, 0.15) is 11.6 Å². The van der Waals surface area contributed by atoms with Gasteiger partial charge >= 0.3 is 13.2 Å². The first-order valence-corrected chi connectivity index (χ1v) is 8.34. The molecule has 0 atom stereocenters. The zero-order valence-corrected chi connectivity index (χ0v) is 14.7. The molecule has 8 heteroatoms. The summed E-state index contributed by atoms with van der Waals surface area (Å²) in [4.78, 5) is 10.6. The van der Waals surface area contributed by atoms with Crippen LogP contribution in [0.4, 0.5) is 13.6 Å². The maximum Gasteiger partial charge on any atom is 0.500 e. The summed E-state index contributed by atoms with van der Waals surface area (Å²) in [6, 6.07) is 2.42. The molecule has 1 aromatic rings. The van der Waals surface area contributed by atoms with Crippen LogP contribution >= 0.6 is 0 Å². The summed E-state index contributed by atoms with van der Waals surface area (Å²) < 4.78 is 40.6. The van der Waals surface area contributed by atoms with Crippen LogP contribution in [-0.4, -0.2) is 35.6 Å². The molecule has 1 heterocycles. The average molecular weight is 353 g/mol. The number of carboxylic acid groups (broad SMARTS) is 1. The van der Waals surface area contributed by atoms with Crippen molar-refractivity contribution in [1.29, 1.82) is 0 Å². The third-order valence-corrected chi connectivity index (χ3v) is 5.53. The van der Waals surface area contributed by atoms with Gasteiger partial charge in [0.05, 0.1) is 16.7 Å². The van der Waals surface area contributed by atoms with E-state index in [1.54, 1.807) is 0 Å². The third-order valence-electron chi connectivity index (χ3n) is 5.53. The van der Waals surface area contributed by atoms with Crippen LogP contribution in [0.2, 0.25) is 0 Å². The first kappa shape index (κ1) is 18.1. The highest BCUT2D eigenvalue weighted by Crippen LogP contribution is 2.39. The second-order valence-corrected chi connectivity index (χ2v) is 7.80. The Balaban J connectivity index is 1.78. The van der Waals surface area contributed by atoms with Gasteiger partial charge in [-0.25, -0.2) is 13.6 Å². The molecule has 1 aromatic carbocycles. The number of halogens is 2. The predicted molar refractivity (Wildman–Crippen MR) is 89.0 cm³/mol. The minimum Gasteiger partial charge on any atom is -0.465 e. The minimum absolute atomic E-state index is 0.0619. The van der Waals surface area contributed by atoms with Crippen molar-refractivity contribution in [2.75, 3.05) is 0 Å². The molecule has 0 aromatic heterocycles. The van der Waals surface area contributed by atoms with Crippen molar-refractivity contribution in [1.82, 2.24) is 5.32 Å². The molecule has 0 spiro atoms. The molecule has 25 heavy (non-hydrogen) atoms. The van der Waals surface area contributed by atoms with Gasteiger partial charge in [0, 0.05) is 6.04 Å². The average Bonchev–Trinajstić information content (AvgIpc) is 2.60. The summed E-state index contributed by atoms with van der Waals surface area (Å²) in [6.45, 7) is 7.28. The van der Waals surface area contributed by atoms with Crippen molar-refractivity contribution in [3.63, 3.8) is 0 Å². The largest absolute Gasteiger partial charge is 0.500 e. The van der Waals surface area contributed by atoms with Crippen molar-refractivity contribution in [2.45, 2.75) is 63.7 Å². The number of hydrogen-bond donors (Lipinski definition) is 2. The van der Waals surface area contributed by atoms with Crippen molar-refractivity contribution < 1.29 is 28.0 Å². The van der Waals surface area contributed by atoms with E-state index in [-0.39, 0.29) is 17.4 Å². The SMILES string of the molecule is CC1(C)OB(c2c(F)cc(C3CC(NC(=O)O)C3)cc2F)OC1(C)C. The number of carbonyl (C=O) groups is 1. The highest BCUT2D eigenvalue weighted by molar-refractivity contribution is 6.62. The van der Waals surface area contributed by atoms with Crippen LogP contribution in [0.15, 0.2) is 12.1 Å². The van der Waals surface area contributed by atoms with E-state index < -0.39 is 36.0 Å². The zero-order valence-electron chi connectivity index (χ0n) is 14.7. The third kappa shape index (κ3) is 3.25. The highest BCUT2D eigenvalue weighted by Gasteiger charge is 2.53. The Hall–Kier alpha value is -1.67. The Morgan fingerprint density at radius 2 is 1.64 bits per heavy atom. The predicted octanol–water partition coefficient (Wildman–Crippen LogP) is 2.78. The van der Waals surface area contributed by atoms with Crippen LogP contribution in [0.25, 0.3) is 0 Å². The molecule has 2 aliphatic rings. The lowest BCUT2D eigenvalue weighted by atomic mass is 9.73. The Morgan fingerprint density at radius 3 is 2.08 bits per heavy atom. The number of benzene rings is 1. The second-order valence-electron chi connectivity index (χ2n) is 7.80. The molecule has 0 radical (unpaired) electrons. The molecule has 1 saturated heterocycles. The molecule has 3 rings (SSSR count). The second kappa shape index (κ2) is 5.95. The fourth-order valence-corrected chi connectivity index (χ4v) is 3.21. The van der Waals surface area contributed by atoms with E-state index in [1.165, 1.54) is 12.1 Å². The number of nitrogens with one attached hydrogen (secondary N) is 1. The zero-order chi connectivity index (χ0) is 18.6. The lowest BCUT2D eigenvalue weighted by molar-refractivity contribution is 0.00578. The summed E-state index contributed by atoms with van der Waals surface area (Å²) in [5.41, 5.74) is -1.06. The van der Waals surface area contributed by atoms with Crippen molar-refractivity contribution >= 4 is 18.7 Å². The Bertz CT molecular complexity index is 665. The first-order valence-electron chi connectivity index (χ1n) is 8.34. The van der Waals surface area contributed by atoms with Crippen LogP contribution in [0.3, 0.4) is 0 Å². The van der Waals surface area contributed by atoms with Crippen molar-refractivity contribution in [2.24, 2.45) is 0 Å². The lowest BCUT2D eigenvalue weighted by Crippen LogP contribution is -2.43. The smallest absolute Gasteiger partial charge is 0.465 e. The van der Waals surface area contributed by atoms with Gasteiger partial charge in [-0.05, 0) is 64.2 Å². The topological polar surface area (TPSA) is 67.8 Å². The van der Waals surface area contributed by atoms with Gasteiger partial charge in [0.2, 0.25) is 0 Å². The van der Waals surface area contributed by atoms with Crippen LogP contribution in [0.1, 0.15) is 52.0 Å². The van der Waals surface area contributed by atoms with Gasteiger partial charge in [-0.3, -0.25) is 0 Å². The van der Waals surface area contributed by atoms with Gasteiger partial charge in [-0.15, -0.1) is 0 Å².